The zero-order chi connectivity index (χ0) is 16.6. The van der Waals surface area contributed by atoms with Crippen LogP contribution in [0.1, 0.15) is 31.9 Å². The van der Waals surface area contributed by atoms with Crippen LogP contribution in [0.3, 0.4) is 0 Å². The third-order valence-corrected chi connectivity index (χ3v) is 4.41. The molecule has 1 aromatic carbocycles. The van der Waals surface area contributed by atoms with Gasteiger partial charge in [-0.25, -0.2) is 4.79 Å². The molecule has 0 bridgehead atoms. The molecule has 0 radical (unpaired) electrons. The molecular formula is C18H25NO4. The lowest BCUT2D eigenvalue weighted by Gasteiger charge is -2.44. The average Bonchev–Trinajstić information content (AvgIpc) is 2.50. The van der Waals surface area contributed by atoms with E-state index in [-0.39, 0.29) is 18.2 Å². The molecule has 3 rings (SSSR count). The highest BCUT2D eigenvalue weighted by Gasteiger charge is 2.41. The standard InChI is InChI=1S/C18H25NO4/c1-18(2,3)23-17(20)19-8-9-22-16-11-13-12(10-14(16)19)6-5-7-15(13)21-4/h5-7,14,16H,8-11H2,1-4H3/t14-,16-/m0/s1. The van der Waals surface area contributed by atoms with Crippen LogP contribution < -0.4 is 4.74 Å². The number of rotatable bonds is 1. The topological polar surface area (TPSA) is 48.0 Å². The van der Waals surface area contributed by atoms with E-state index in [1.807, 2.05) is 37.8 Å². The molecule has 1 amide bonds. The highest BCUT2D eigenvalue weighted by molar-refractivity contribution is 5.69. The number of ether oxygens (including phenoxy) is 3. The first kappa shape index (κ1) is 16.1. The molecule has 0 spiro atoms. The summed E-state index contributed by atoms with van der Waals surface area (Å²) in [6.07, 6.45) is 1.29. The largest absolute Gasteiger partial charge is 0.496 e. The van der Waals surface area contributed by atoms with Crippen LogP contribution >= 0.6 is 0 Å². The lowest BCUT2D eigenvalue weighted by atomic mass is 9.84. The van der Waals surface area contributed by atoms with E-state index in [9.17, 15) is 4.79 Å². The summed E-state index contributed by atoms with van der Waals surface area (Å²) >= 11 is 0. The third-order valence-electron chi connectivity index (χ3n) is 4.41. The number of methoxy groups -OCH3 is 1. The van der Waals surface area contributed by atoms with Crippen molar-refractivity contribution in [3.8, 4) is 5.75 Å². The maximum absolute atomic E-state index is 12.5. The maximum atomic E-state index is 12.5. The molecule has 1 aliphatic carbocycles. The maximum Gasteiger partial charge on any atom is 0.410 e. The van der Waals surface area contributed by atoms with Gasteiger partial charge < -0.3 is 14.2 Å². The van der Waals surface area contributed by atoms with E-state index >= 15 is 0 Å². The predicted molar refractivity (Wildman–Crippen MR) is 86.9 cm³/mol. The number of morpholine rings is 1. The zero-order valence-corrected chi connectivity index (χ0v) is 14.3. The van der Waals surface area contributed by atoms with Gasteiger partial charge in [-0.1, -0.05) is 12.1 Å². The zero-order valence-electron chi connectivity index (χ0n) is 14.3. The van der Waals surface area contributed by atoms with Gasteiger partial charge in [-0.2, -0.15) is 0 Å². The molecule has 1 aliphatic heterocycles. The van der Waals surface area contributed by atoms with Crippen molar-refractivity contribution in [2.45, 2.75) is 51.4 Å². The van der Waals surface area contributed by atoms with Gasteiger partial charge in [0.15, 0.2) is 0 Å². The first-order chi connectivity index (χ1) is 10.9. The van der Waals surface area contributed by atoms with E-state index in [1.54, 1.807) is 7.11 Å². The number of carbonyl (C=O) groups excluding carboxylic acids is 1. The summed E-state index contributed by atoms with van der Waals surface area (Å²) in [5.41, 5.74) is 1.94. The summed E-state index contributed by atoms with van der Waals surface area (Å²) < 4.78 is 17.0. The smallest absolute Gasteiger partial charge is 0.410 e. The van der Waals surface area contributed by atoms with Crippen molar-refractivity contribution in [2.75, 3.05) is 20.3 Å². The molecule has 0 aromatic heterocycles. The van der Waals surface area contributed by atoms with Crippen molar-refractivity contribution in [2.24, 2.45) is 0 Å². The molecule has 5 nitrogen and oxygen atoms in total. The van der Waals surface area contributed by atoms with Crippen LogP contribution in [-0.4, -0.2) is 49.0 Å². The molecule has 5 heteroatoms. The number of hydrogen-bond donors (Lipinski definition) is 0. The molecule has 126 valence electrons. The van der Waals surface area contributed by atoms with Gasteiger partial charge in [0.1, 0.15) is 11.4 Å². The van der Waals surface area contributed by atoms with E-state index in [0.29, 0.717) is 13.2 Å². The number of nitrogens with zero attached hydrogens (tertiary/aromatic N) is 1. The van der Waals surface area contributed by atoms with E-state index in [1.165, 1.54) is 11.1 Å². The SMILES string of the molecule is COc1cccc2c1C[C@@H]1OCCN(C(=O)OC(C)(C)C)[C@H]1C2. The lowest BCUT2D eigenvalue weighted by molar-refractivity contribution is -0.0783. The Labute approximate surface area is 137 Å². The summed E-state index contributed by atoms with van der Waals surface area (Å²) in [4.78, 5) is 14.4. The fraction of sp³-hybridized carbons (Fsp3) is 0.611. The Morgan fingerprint density at radius 3 is 2.78 bits per heavy atom. The molecule has 1 heterocycles. The van der Waals surface area contributed by atoms with Gasteiger partial charge in [-0.05, 0) is 38.8 Å². The molecule has 23 heavy (non-hydrogen) atoms. The van der Waals surface area contributed by atoms with E-state index < -0.39 is 5.60 Å². The predicted octanol–water partition coefficient (Wildman–Crippen LogP) is 2.80. The van der Waals surface area contributed by atoms with Crippen LogP contribution in [0.4, 0.5) is 4.79 Å². The van der Waals surface area contributed by atoms with Crippen molar-refractivity contribution in [3.63, 3.8) is 0 Å². The highest BCUT2D eigenvalue weighted by atomic mass is 16.6. The minimum absolute atomic E-state index is 0.0000633. The molecule has 1 fully saturated rings. The molecule has 0 unspecified atom stereocenters. The van der Waals surface area contributed by atoms with E-state index in [4.69, 9.17) is 14.2 Å². The summed E-state index contributed by atoms with van der Waals surface area (Å²) in [5, 5.41) is 0. The molecule has 0 N–H and O–H groups in total. The molecule has 2 aliphatic rings. The first-order valence-corrected chi connectivity index (χ1v) is 8.15. The summed E-state index contributed by atoms with van der Waals surface area (Å²) in [6.45, 7) is 6.80. The monoisotopic (exact) mass is 319 g/mol. The minimum atomic E-state index is -0.485. The van der Waals surface area contributed by atoms with Gasteiger partial charge in [0.05, 0.1) is 25.9 Å². The number of fused-ring (bicyclic) bond motifs is 2. The van der Waals surface area contributed by atoms with Crippen LogP contribution in [0.2, 0.25) is 0 Å². The third kappa shape index (κ3) is 3.29. The van der Waals surface area contributed by atoms with Gasteiger partial charge in [0, 0.05) is 18.5 Å². The minimum Gasteiger partial charge on any atom is -0.496 e. The van der Waals surface area contributed by atoms with Gasteiger partial charge in [0.25, 0.3) is 0 Å². The summed E-state index contributed by atoms with van der Waals surface area (Å²) in [7, 11) is 1.69. The second kappa shape index (κ2) is 6.04. The Balaban J connectivity index is 1.84. The quantitative estimate of drug-likeness (QED) is 0.798. The fourth-order valence-electron chi connectivity index (χ4n) is 3.42. The normalized spacial score (nSPS) is 23.7. The van der Waals surface area contributed by atoms with Crippen LogP contribution in [0.15, 0.2) is 18.2 Å². The van der Waals surface area contributed by atoms with Crippen LogP contribution in [0.25, 0.3) is 0 Å². The lowest BCUT2D eigenvalue weighted by Crippen LogP contribution is -2.57. The number of carbonyl (C=O) groups is 1. The first-order valence-electron chi connectivity index (χ1n) is 8.15. The van der Waals surface area contributed by atoms with Gasteiger partial charge in [0.2, 0.25) is 0 Å². The average molecular weight is 319 g/mol. The van der Waals surface area contributed by atoms with Crippen molar-refractivity contribution >= 4 is 6.09 Å². The Morgan fingerprint density at radius 2 is 2.09 bits per heavy atom. The number of benzene rings is 1. The summed E-state index contributed by atoms with van der Waals surface area (Å²) in [5.74, 6) is 0.902. The second-order valence-electron chi connectivity index (χ2n) is 7.16. The van der Waals surface area contributed by atoms with Crippen LogP contribution in [0, 0.1) is 0 Å². The Morgan fingerprint density at radius 1 is 1.30 bits per heavy atom. The Hall–Kier alpha value is -1.75. The molecule has 1 saturated heterocycles. The van der Waals surface area contributed by atoms with E-state index in [0.717, 1.165) is 18.6 Å². The van der Waals surface area contributed by atoms with Gasteiger partial charge >= 0.3 is 6.09 Å². The fourth-order valence-corrected chi connectivity index (χ4v) is 3.42. The molecule has 1 aromatic rings. The van der Waals surface area contributed by atoms with Crippen molar-refractivity contribution in [3.05, 3.63) is 29.3 Å². The molecular weight excluding hydrogens is 294 g/mol. The second-order valence-corrected chi connectivity index (χ2v) is 7.16. The van der Waals surface area contributed by atoms with Gasteiger partial charge in [-0.3, -0.25) is 4.90 Å². The van der Waals surface area contributed by atoms with Crippen molar-refractivity contribution in [1.29, 1.82) is 0 Å². The summed E-state index contributed by atoms with van der Waals surface area (Å²) in [6, 6.07) is 6.11. The number of amides is 1. The Bertz CT molecular complexity index is 593. The van der Waals surface area contributed by atoms with Crippen LogP contribution in [-0.2, 0) is 22.3 Å². The van der Waals surface area contributed by atoms with Crippen molar-refractivity contribution in [1.82, 2.24) is 4.90 Å². The molecule has 0 saturated carbocycles. The van der Waals surface area contributed by atoms with E-state index in [2.05, 4.69) is 6.07 Å². The highest BCUT2D eigenvalue weighted by Crippen LogP contribution is 2.34. The van der Waals surface area contributed by atoms with Crippen molar-refractivity contribution < 1.29 is 19.0 Å². The molecule has 2 atom stereocenters. The number of hydrogen-bond acceptors (Lipinski definition) is 4. The van der Waals surface area contributed by atoms with Gasteiger partial charge in [-0.15, -0.1) is 0 Å². The van der Waals surface area contributed by atoms with Crippen LogP contribution in [0.5, 0.6) is 5.75 Å². The Kier molecular flexibility index (Phi) is 4.23.